The van der Waals surface area contributed by atoms with Gasteiger partial charge in [0.2, 0.25) is 5.95 Å². The van der Waals surface area contributed by atoms with Gasteiger partial charge in [0.25, 0.3) is 0 Å². The Balaban J connectivity index is 1.61. The van der Waals surface area contributed by atoms with E-state index in [0.717, 1.165) is 50.8 Å². The number of anilines is 1. The molecule has 0 aliphatic carbocycles. The summed E-state index contributed by atoms with van der Waals surface area (Å²) in [4.78, 5) is 13.0. The molecule has 4 heterocycles. The number of nitrogens with zero attached hydrogens (tertiary/aromatic N) is 2. The lowest BCUT2D eigenvalue weighted by molar-refractivity contribution is 0.588. The van der Waals surface area contributed by atoms with E-state index in [0.29, 0.717) is 12.0 Å². The van der Waals surface area contributed by atoms with E-state index in [1.54, 1.807) is 11.3 Å². The SMILES string of the molecule is CP(C)(=O)c1cccc2c(-c3nc(NC[C@@H]4CCCN4)nc4ccsc34)c[nH]c12. The molecule has 3 N–H and O–H groups in total. The molecule has 1 aromatic carbocycles. The van der Waals surface area contributed by atoms with Crippen molar-refractivity contribution in [1.29, 1.82) is 0 Å². The maximum Gasteiger partial charge on any atom is 0.223 e. The van der Waals surface area contributed by atoms with E-state index in [-0.39, 0.29) is 0 Å². The van der Waals surface area contributed by atoms with Gasteiger partial charge in [-0.3, -0.25) is 0 Å². The highest BCUT2D eigenvalue weighted by Gasteiger charge is 2.20. The summed E-state index contributed by atoms with van der Waals surface area (Å²) in [6.07, 6.45) is 4.38. The first kappa shape index (κ1) is 18.8. The van der Waals surface area contributed by atoms with Crippen molar-refractivity contribution >= 4 is 50.9 Å². The van der Waals surface area contributed by atoms with Gasteiger partial charge in [-0.25, -0.2) is 9.97 Å². The van der Waals surface area contributed by atoms with Crippen molar-refractivity contribution < 1.29 is 4.57 Å². The first-order chi connectivity index (χ1) is 14.0. The lowest BCUT2D eigenvalue weighted by Crippen LogP contribution is -2.29. The normalized spacial score (nSPS) is 17.4. The van der Waals surface area contributed by atoms with E-state index in [2.05, 4.69) is 27.1 Å². The number of aromatic nitrogens is 3. The van der Waals surface area contributed by atoms with Crippen molar-refractivity contribution in [3.05, 3.63) is 35.8 Å². The Labute approximate surface area is 173 Å². The van der Waals surface area contributed by atoms with E-state index < -0.39 is 7.14 Å². The summed E-state index contributed by atoms with van der Waals surface area (Å²) in [5.41, 5.74) is 3.82. The third-order valence-electron chi connectivity index (χ3n) is 5.50. The Hall–Kier alpha value is -2.21. The molecule has 8 heteroatoms. The molecule has 0 saturated carbocycles. The fourth-order valence-electron chi connectivity index (χ4n) is 4.05. The summed E-state index contributed by atoms with van der Waals surface area (Å²) in [7, 11) is -2.39. The molecule has 3 aromatic heterocycles. The maximum atomic E-state index is 12.8. The minimum atomic E-state index is -2.39. The standard InChI is InChI=1S/C21H24N5OPS/c1-28(2,27)17-7-3-6-14-15(12-23-18(14)17)19-20-16(8-10-29-20)25-21(26-19)24-11-13-5-4-9-22-13/h3,6-8,10,12-13,22-23H,4-5,9,11H2,1-2H3,(H,24,25,26)/t13-/m0/s1. The molecule has 4 aromatic rings. The number of rotatable bonds is 5. The van der Waals surface area contributed by atoms with Gasteiger partial charge in [-0.2, -0.15) is 0 Å². The highest BCUT2D eigenvalue weighted by molar-refractivity contribution is 7.70. The van der Waals surface area contributed by atoms with Crippen LogP contribution in [0.4, 0.5) is 5.95 Å². The van der Waals surface area contributed by atoms with Gasteiger partial charge in [0.05, 0.1) is 21.4 Å². The van der Waals surface area contributed by atoms with Gasteiger partial charge in [-0.1, -0.05) is 12.1 Å². The molecule has 29 heavy (non-hydrogen) atoms. The average Bonchev–Trinajstić information content (AvgIpc) is 3.44. The van der Waals surface area contributed by atoms with Crippen molar-refractivity contribution in [2.45, 2.75) is 18.9 Å². The number of nitrogens with one attached hydrogen (secondary N) is 3. The van der Waals surface area contributed by atoms with Gasteiger partial charge in [0, 0.05) is 35.0 Å². The second kappa shape index (κ2) is 7.24. The van der Waals surface area contributed by atoms with Crippen LogP contribution in [-0.2, 0) is 4.57 Å². The lowest BCUT2D eigenvalue weighted by atomic mass is 10.1. The van der Waals surface area contributed by atoms with E-state index in [1.165, 1.54) is 12.8 Å². The lowest BCUT2D eigenvalue weighted by Gasteiger charge is -2.12. The van der Waals surface area contributed by atoms with Crippen molar-refractivity contribution in [2.75, 3.05) is 31.7 Å². The van der Waals surface area contributed by atoms with Crippen LogP contribution < -0.4 is 15.9 Å². The quantitative estimate of drug-likeness (QED) is 0.417. The second-order valence-electron chi connectivity index (χ2n) is 7.96. The van der Waals surface area contributed by atoms with Crippen molar-refractivity contribution in [2.24, 2.45) is 0 Å². The molecule has 0 amide bonds. The third-order valence-corrected chi connectivity index (χ3v) is 7.94. The topological polar surface area (TPSA) is 82.7 Å². The van der Waals surface area contributed by atoms with E-state index in [4.69, 9.17) is 9.97 Å². The monoisotopic (exact) mass is 425 g/mol. The molecule has 0 unspecified atom stereocenters. The van der Waals surface area contributed by atoms with E-state index in [9.17, 15) is 4.57 Å². The van der Waals surface area contributed by atoms with Crippen molar-refractivity contribution in [1.82, 2.24) is 20.3 Å². The Bertz CT molecular complexity index is 1230. The number of hydrogen-bond acceptors (Lipinski definition) is 6. The molecular formula is C21H24N5OPS. The summed E-state index contributed by atoms with van der Waals surface area (Å²) < 4.78 is 13.8. The largest absolute Gasteiger partial charge is 0.360 e. The van der Waals surface area contributed by atoms with Crippen molar-refractivity contribution in [3.63, 3.8) is 0 Å². The Morgan fingerprint density at radius 1 is 1.28 bits per heavy atom. The minimum absolute atomic E-state index is 0.471. The van der Waals surface area contributed by atoms with E-state index in [1.807, 2.05) is 37.7 Å². The second-order valence-corrected chi connectivity index (χ2v) is 12.1. The molecule has 1 atom stereocenters. The molecule has 5 rings (SSSR count). The fraction of sp³-hybridized carbons (Fsp3) is 0.333. The Morgan fingerprint density at radius 3 is 2.97 bits per heavy atom. The molecule has 1 saturated heterocycles. The zero-order valence-electron chi connectivity index (χ0n) is 16.5. The van der Waals surface area contributed by atoms with Crippen LogP contribution in [0.5, 0.6) is 0 Å². The van der Waals surface area contributed by atoms with Crippen LogP contribution in [-0.4, -0.2) is 47.4 Å². The van der Waals surface area contributed by atoms with Crippen LogP contribution in [0.1, 0.15) is 12.8 Å². The molecule has 6 nitrogen and oxygen atoms in total. The zero-order valence-corrected chi connectivity index (χ0v) is 18.2. The van der Waals surface area contributed by atoms with Crippen LogP contribution in [0, 0.1) is 0 Å². The maximum absolute atomic E-state index is 12.8. The molecule has 150 valence electrons. The summed E-state index contributed by atoms with van der Waals surface area (Å²) in [6.45, 7) is 5.52. The third kappa shape index (κ3) is 3.48. The van der Waals surface area contributed by atoms with Gasteiger partial charge in [0.15, 0.2) is 0 Å². The molecule has 1 aliphatic heterocycles. The fourth-order valence-corrected chi connectivity index (χ4v) is 6.06. The number of thiophene rings is 1. The number of aromatic amines is 1. The van der Waals surface area contributed by atoms with Crippen LogP contribution >= 0.6 is 18.5 Å². The van der Waals surface area contributed by atoms with Gasteiger partial charge >= 0.3 is 0 Å². The molecular weight excluding hydrogens is 401 g/mol. The Kier molecular flexibility index (Phi) is 4.69. The predicted molar refractivity (Wildman–Crippen MR) is 123 cm³/mol. The summed E-state index contributed by atoms with van der Waals surface area (Å²) in [5.74, 6) is 0.654. The van der Waals surface area contributed by atoms with Gasteiger partial charge in [-0.05, 0) is 50.2 Å². The van der Waals surface area contributed by atoms with Crippen LogP contribution in [0.3, 0.4) is 0 Å². The molecule has 0 spiro atoms. The first-order valence-electron chi connectivity index (χ1n) is 9.89. The highest BCUT2D eigenvalue weighted by Crippen LogP contribution is 2.40. The molecule has 0 bridgehead atoms. The number of fused-ring (bicyclic) bond motifs is 2. The summed E-state index contributed by atoms with van der Waals surface area (Å²) in [5, 5.41) is 10.9. The molecule has 1 fully saturated rings. The van der Waals surface area contributed by atoms with Crippen LogP contribution in [0.15, 0.2) is 35.8 Å². The predicted octanol–water partition coefficient (Wildman–Crippen LogP) is 4.25. The minimum Gasteiger partial charge on any atom is -0.360 e. The number of hydrogen-bond donors (Lipinski definition) is 3. The van der Waals surface area contributed by atoms with Gasteiger partial charge in [0.1, 0.15) is 7.14 Å². The summed E-state index contributed by atoms with van der Waals surface area (Å²) in [6, 6.07) is 8.51. The Morgan fingerprint density at radius 2 is 2.17 bits per heavy atom. The number of H-pyrrole nitrogens is 1. The average molecular weight is 425 g/mol. The van der Waals surface area contributed by atoms with E-state index >= 15 is 0 Å². The summed E-state index contributed by atoms with van der Waals surface area (Å²) >= 11 is 1.65. The smallest absolute Gasteiger partial charge is 0.223 e. The number of para-hydroxylation sites is 1. The van der Waals surface area contributed by atoms with Crippen molar-refractivity contribution in [3.8, 4) is 11.3 Å². The first-order valence-corrected chi connectivity index (χ1v) is 13.4. The molecule has 0 radical (unpaired) electrons. The zero-order chi connectivity index (χ0) is 20.0. The van der Waals surface area contributed by atoms with Crippen LogP contribution in [0.2, 0.25) is 0 Å². The van der Waals surface area contributed by atoms with Crippen LogP contribution in [0.25, 0.3) is 32.4 Å². The molecule has 1 aliphatic rings. The number of benzene rings is 1. The highest BCUT2D eigenvalue weighted by atomic mass is 32.1. The van der Waals surface area contributed by atoms with Gasteiger partial charge < -0.3 is 20.2 Å². The van der Waals surface area contributed by atoms with Gasteiger partial charge in [-0.15, -0.1) is 11.3 Å².